The largest absolute Gasteiger partial charge is 0.362 e. The Morgan fingerprint density at radius 2 is 2.00 bits per heavy atom. The molecule has 2 nitrogen and oxygen atoms in total. The molecule has 1 aliphatic carbocycles. The Kier molecular flexibility index (Phi) is 1.56. The first-order valence-corrected chi connectivity index (χ1v) is 4.41. The number of pyridine rings is 1. The highest BCUT2D eigenvalue weighted by molar-refractivity contribution is 5.32. The van der Waals surface area contributed by atoms with E-state index in [0.29, 0.717) is 0 Å². The molecular weight excluding hydrogens is 150 g/mol. The monoisotopic (exact) mass is 163 g/mol. The number of H-pyrrole nitrogens is 1. The van der Waals surface area contributed by atoms with Gasteiger partial charge >= 0.3 is 0 Å². The van der Waals surface area contributed by atoms with Crippen LogP contribution in [0, 0.1) is 13.8 Å². The summed E-state index contributed by atoms with van der Waals surface area (Å²) >= 11 is 0. The van der Waals surface area contributed by atoms with Gasteiger partial charge in [-0.05, 0) is 33.1 Å². The van der Waals surface area contributed by atoms with Gasteiger partial charge in [-0.2, -0.15) is 0 Å². The zero-order valence-electron chi connectivity index (χ0n) is 7.53. The smallest absolute Gasteiger partial charge is 0.188 e. The van der Waals surface area contributed by atoms with Gasteiger partial charge in [0.25, 0.3) is 0 Å². The molecule has 0 atom stereocenters. The second-order valence-electron chi connectivity index (χ2n) is 3.51. The predicted molar refractivity (Wildman–Crippen MR) is 48.6 cm³/mol. The van der Waals surface area contributed by atoms with Crippen LogP contribution in [-0.4, -0.2) is 4.98 Å². The van der Waals surface area contributed by atoms with E-state index in [4.69, 9.17) is 0 Å². The average Bonchev–Trinajstić information content (AvgIpc) is 2.48. The number of aryl methyl sites for hydroxylation is 2. The molecule has 0 spiro atoms. The van der Waals surface area contributed by atoms with Gasteiger partial charge in [0.15, 0.2) is 5.43 Å². The Balaban J connectivity index is 2.76. The van der Waals surface area contributed by atoms with Crippen molar-refractivity contribution in [3.8, 4) is 0 Å². The summed E-state index contributed by atoms with van der Waals surface area (Å²) in [6, 6.07) is 0. The molecule has 0 aromatic carbocycles. The molecule has 12 heavy (non-hydrogen) atoms. The van der Waals surface area contributed by atoms with Gasteiger partial charge in [0.05, 0.1) is 0 Å². The average molecular weight is 163 g/mol. The lowest BCUT2D eigenvalue weighted by molar-refractivity contribution is 0.896. The molecule has 0 aliphatic heterocycles. The van der Waals surface area contributed by atoms with Gasteiger partial charge in [0.1, 0.15) is 0 Å². The topological polar surface area (TPSA) is 32.9 Å². The highest BCUT2D eigenvalue weighted by atomic mass is 16.1. The quantitative estimate of drug-likeness (QED) is 0.617. The number of hydrogen-bond donors (Lipinski definition) is 1. The van der Waals surface area contributed by atoms with E-state index < -0.39 is 0 Å². The number of rotatable bonds is 0. The summed E-state index contributed by atoms with van der Waals surface area (Å²) in [5.74, 6) is 0. The van der Waals surface area contributed by atoms with Crippen molar-refractivity contribution in [2.45, 2.75) is 33.1 Å². The lowest BCUT2D eigenvalue weighted by Gasteiger charge is -2.04. The van der Waals surface area contributed by atoms with E-state index in [-0.39, 0.29) is 5.43 Å². The summed E-state index contributed by atoms with van der Waals surface area (Å²) in [5, 5.41) is 0. The number of aromatic amines is 1. The third-order valence-corrected chi connectivity index (χ3v) is 2.73. The van der Waals surface area contributed by atoms with Crippen LogP contribution in [0.3, 0.4) is 0 Å². The molecule has 0 fully saturated rings. The lowest BCUT2D eigenvalue weighted by atomic mass is 10.1. The van der Waals surface area contributed by atoms with E-state index in [1.807, 2.05) is 13.8 Å². The summed E-state index contributed by atoms with van der Waals surface area (Å²) < 4.78 is 0. The van der Waals surface area contributed by atoms with Gasteiger partial charge in [-0.15, -0.1) is 0 Å². The number of fused-ring (bicyclic) bond motifs is 1. The molecular formula is C10H13NO. The molecule has 1 heterocycles. The van der Waals surface area contributed by atoms with Crippen molar-refractivity contribution < 1.29 is 0 Å². The molecule has 2 rings (SSSR count). The summed E-state index contributed by atoms with van der Waals surface area (Å²) in [7, 11) is 0. The Labute approximate surface area is 71.6 Å². The minimum atomic E-state index is 0.263. The molecule has 1 aromatic heterocycles. The first-order chi connectivity index (χ1) is 5.70. The van der Waals surface area contributed by atoms with Crippen LogP contribution in [0.1, 0.15) is 28.9 Å². The Morgan fingerprint density at radius 3 is 2.75 bits per heavy atom. The van der Waals surface area contributed by atoms with Crippen molar-refractivity contribution in [1.29, 1.82) is 0 Å². The molecule has 1 N–H and O–H groups in total. The first kappa shape index (κ1) is 7.59. The zero-order chi connectivity index (χ0) is 8.72. The lowest BCUT2D eigenvalue weighted by Crippen LogP contribution is -2.14. The van der Waals surface area contributed by atoms with Crippen LogP contribution >= 0.6 is 0 Å². The van der Waals surface area contributed by atoms with Crippen molar-refractivity contribution in [2.75, 3.05) is 0 Å². The normalized spacial score (nSPS) is 14.8. The van der Waals surface area contributed by atoms with Crippen molar-refractivity contribution in [2.24, 2.45) is 0 Å². The van der Waals surface area contributed by atoms with Crippen molar-refractivity contribution >= 4 is 0 Å². The van der Waals surface area contributed by atoms with Crippen LogP contribution < -0.4 is 5.43 Å². The van der Waals surface area contributed by atoms with Crippen LogP contribution in [0.4, 0.5) is 0 Å². The second-order valence-corrected chi connectivity index (χ2v) is 3.51. The van der Waals surface area contributed by atoms with Crippen molar-refractivity contribution in [1.82, 2.24) is 4.98 Å². The maximum atomic E-state index is 11.7. The Morgan fingerprint density at radius 1 is 1.25 bits per heavy atom. The van der Waals surface area contributed by atoms with Crippen molar-refractivity contribution in [3.63, 3.8) is 0 Å². The van der Waals surface area contributed by atoms with Gasteiger partial charge in [-0.3, -0.25) is 4.79 Å². The van der Waals surface area contributed by atoms with Crippen LogP contribution in [0.2, 0.25) is 0 Å². The third kappa shape index (κ3) is 0.909. The van der Waals surface area contributed by atoms with Gasteiger partial charge < -0.3 is 4.98 Å². The van der Waals surface area contributed by atoms with Crippen LogP contribution in [-0.2, 0) is 12.8 Å². The van der Waals surface area contributed by atoms with E-state index >= 15 is 0 Å². The fourth-order valence-electron chi connectivity index (χ4n) is 1.85. The fraction of sp³-hybridized carbons (Fsp3) is 0.500. The van der Waals surface area contributed by atoms with Crippen LogP contribution in [0.5, 0.6) is 0 Å². The molecule has 0 radical (unpaired) electrons. The Hall–Kier alpha value is -1.05. The maximum Gasteiger partial charge on any atom is 0.188 e. The van der Waals surface area contributed by atoms with Crippen LogP contribution in [0.15, 0.2) is 4.79 Å². The molecule has 0 unspecified atom stereocenters. The first-order valence-electron chi connectivity index (χ1n) is 4.41. The third-order valence-electron chi connectivity index (χ3n) is 2.73. The zero-order valence-corrected chi connectivity index (χ0v) is 7.53. The van der Waals surface area contributed by atoms with Gasteiger partial charge in [-0.25, -0.2) is 0 Å². The van der Waals surface area contributed by atoms with Crippen molar-refractivity contribution in [3.05, 3.63) is 32.7 Å². The molecule has 1 aromatic rings. The van der Waals surface area contributed by atoms with E-state index in [2.05, 4.69) is 4.98 Å². The summed E-state index contributed by atoms with van der Waals surface area (Å²) in [6.45, 7) is 3.86. The number of aromatic nitrogens is 1. The number of hydrogen-bond acceptors (Lipinski definition) is 1. The predicted octanol–water partition coefficient (Wildman–Crippen LogP) is 1.48. The molecule has 0 saturated carbocycles. The van der Waals surface area contributed by atoms with E-state index in [1.54, 1.807) is 0 Å². The summed E-state index contributed by atoms with van der Waals surface area (Å²) in [4.78, 5) is 15.0. The molecule has 2 heteroatoms. The van der Waals surface area contributed by atoms with Gasteiger partial charge in [0, 0.05) is 22.5 Å². The SMILES string of the molecule is Cc1[nH]c2c(c(=O)c1C)CCC2. The summed E-state index contributed by atoms with van der Waals surface area (Å²) in [5.41, 5.74) is 4.37. The molecule has 64 valence electrons. The molecule has 0 bridgehead atoms. The van der Waals surface area contributed by atoms with Crippen LogP contribution in [0.25, 0.3) is 0 Å². The van der Waals surface area contributed by atoms with E-state index in [9.17, 15) is 4.79 Å². The highest BCUT2D eigenvalue weighted by Crippen LogP contribution is 2.17. The minimum absolute atomic E-state index is 0.263. The van der Waals surface area contributed by atoms with E-state index in [0.717, 1.165) is 36.1 Å². The van der Waals surface area contributed by atoms with Gasteiger partial charge in [-0.1, -0.05) is 0 Å². The second kappa shape index (κ2) is 2.47. The van der Waals surface area contributed by atoms with E-state index in [1.165, 1.54) is 5.69 Å². The number of nitrogens with one attached hydrogen (secondary N) is 1. The maximum absolute atomic E-state index is 11.7. The molecule has 1 aliphatic rings. The fourth-order valence-corrected chi connectivity index (χ4v) is 1.85. The molecule has 0 saturated heterocycles. The standard InChI is InChI=1S/C10H13NO/c1-6-7(2)11-9-5-3-4-8(9)10(6)12/h3-5H2,1-2H3,(H,11,12). The molecule has 0 amide bonds. The highest BCUT2D eigenvalue weighted by Gasteiger charge is 2.16. The summed E-state index contributed by atoms with van der Waals surface area (Å²) in [6.07, 6.45) is 3.14. The minimum Gasteiger partial charge on any atom is -0.362 e. The Bertz CT molecular complexity index is 376. The van der Waals surface area contributed by atoms with Gasteiger partial charge in [0.2, 0.25) is 0 Å².